The minimum Gasteiger partial charge on any atom is -0.392 e. The zero-order valence-corrected chi connectivity index (χ0v) is 9.56. The third kappa shape index (κ3) is 2.75. The molecule has 1 aromatic rings. The van der Waals surface area contributed by atoms with E-state index in [4.69, 9.17) is 10.4 Å². The van der Waals surface area contributed by atoms with Crippen LogP contribution < -0.4 is 4.90 Å². The van der Waals surface area contributed by atoms with Crippen LogP contribution in [0.3, 0.4) is 0 Å². The molecule has 0 amide bonds. The van der Waals surface area contributed by atoms with Gasteiger partial charge in [0.25, 0.3) is 0 Å². The second-order valence-electron chi connectivity index (χ2n) is 4.28. The van der Waals surface area contributed by atoms with E-state index < -0.39 is 0 Å². The topological polar surface area (TPSA) is 47.3 Å². The highest BCUT2D eigenvalue weighted by molar-refractivity contribution is 5.51. The third-order valence-corrected chi connectivity index (χ3v) is 2.96. The van der Waals surface area contributed by atoms with Gasteiger partial charge in [0.05, 0.1) is 24.8 Å². The lowest BCUT2D eigenvalue weighted by Gasteiger charge is -2.24. The Morgan fingerprint density at radius 1 is 1.47 bits per heavy atom. The van der Waals surface area contributed by atoms with Crippen LogP contribution in [0.15, 0.2) is 18.2 Å². The fourth-order valence-electron chi connectivity index (χ4n) is 1.94. The summed E-state index contributed by atoms with van der Waals surface area (Å²) in [5, 5.41) is 17.5. The summed E-state index contributed by atoms with van der Waals surface area (Å²) < 4.78 is 13.9. The van der Waals surface area contributed by atoms with Crippen LogP contribution in [0.4, 0.5) is 10.1 Å². The molecule has 0 aromatic heterocycles. The van der Waals surface area contributed by atoms with Crippen LogP contribution in [-0.4, -0.2) is 17.7 Å². The van der Waals surface area contributed by atoms with Gasteiger partial charge in [-0.2, -0.15) is 5.26 Å². The van der Waals surface area contributed by atoms with Crippen molar-refractivity contribution in [2.24, 2.45) is 0 Å². The van der Waals surface area contributed by atoms with E-state index in [0.717, 1.165) is 12.8 Å². The van der Waals surface area contributed by atoms with Crippen molar-refractivity contribution in [1.29, 1.82) is 5.26 Å². The van der Waals surface area contributed by atoms with Crippen molar-refractivity contribution in [3.63, 3.8) is 0 Å². The van der Waals surface area contributed by atoms with Crippen molar-refractivity contribution in [1.82, 2.24) is 0 Å². The smallest absolute Gasteiger partial charge is 0.146 e. The average Bonchev–Trinajstić information content (AvgIpc) is 3.15. The second-order valence-corrected chi connectivity index (χ2v) is 4.28. The molecule has 90 valence electrons. The highest BCUT2D eigenvalue weighted by atomic mass is 19.1. The van der Waals surface area contributed by atoms with Gasteiger partial charge in [-0.3, -0.25) is 0 Å². The molecule has 1 aliphatic rings. The SMILES string of the molecule is N#CCCN(c1ccc(CO)cc1F)C1CC1. The molecule has 1 aromatic carbocycles. The molecule has 3 nitrogen and oxygen atoms in total. The summed E-state index contributed by atoms with van der Waals surface area (Å²) in [5.74, 6) is -0.318. The van der Waals surface area contributed by atoms with E-state index in [1.807, 2.05) is 4.90 Å². The maximum Gasteiger partial charge on any atom is 0.146 e. The Hall–Kier alpha value is -1.60. The number of hydrogen-bond donors (Lipinski definition) is 1. The van der Waals surface area contributed by atoms with Gasteiger partial charge in [-0.25, -0.2) is 4.39 Å². The zero-order valence-electron chi connectivity index (χ0n) is 9.56. The molecule has 0 heterocycles. The maximum atomic E-state index is 13.9. The molecule has 1 N–H and O–H groups in total. The fourth-order valence-corrected chi connectivity index (χ4v) is 1.94. The lowest BCUT2D eigenvalue weighted by atomic mass is 10.2. The van der Waals surface area contributed by atoms with Gasteiger partial charge in [-0.15, -0.1) is 0 Å². The zero-order chi connectivity index (χ0) is 12.3. The molecule has 0 bridgehead atoms. The normalized spacial score (nSPS) is 14.4. The van der Waals surface area contributed by atoms with Gasteiger partial charge in [-0.05, 0) is 30.5 Å². The van der Waals surface area contributed by atoms with Crippen LogP contribution >= 0.6 is 0 Å². The Morgan fingerprint density at radius 3 is 2.76 bits per heavy atom. The van der Waals surface area contributed by atoms with Crippen LogP contribution in [0.1, 0.15) is 24.8 Å². The first-order valence-corrected chi connectivity index (χ1v) is 5.79. The van der Waals surface area contributed by atoms with E-state index in [-0.39, 0.29) is 12.4 Å². The van der Waals surface area contributed by atoms with Gasteiger partial charge in [0.2, 0.25) is 0 Å². The fraction of sp³-hybridized carbons (Fsp3) is 0.462. The standard InChI is InChI=1S/C13H15FN2O/c14-12-8-10(9-17)2-5-13(12)16(7-1-6-15)11-3-4-11/h2,5,8,11,17H,1,3-4,7,9H2. The lowest BCUT2D eigenvalue weighted by molar-refractivity contribution is 0.281. The van der Waals surface area contributed by atoms with Crippen LogP contribution in [-0.2, 0) is 6.61 Å². The van der Waals surface area contributed by atoms with Gasteiger partial charge in [-0.1, -0.05) is 6.07 Å². The van der Waals surface area contributed by atoms with Crippen molar-refractivity contribution in [3.8, 4) is 6.07 Å². The number of aliphatic hydroxyl groups excluding tert-OH is 1. The number of nitriles is 1. The van der Waals surface area contributed by atoms with E-state index in [1.165, 1.54) is 6.07 Å². The van der Waals surface area contributed by atoms with Gasteiger partial charge >= 0.3 is 0 Å². The number of benzene rings is 1. The third-order valence-electron chi connectivity index (χ3n) is 2.96. The first-order chi connectivity index (χ1) is 8.26. The van der Waals surface area contributed by atoms with Gasteiger partial charge < -0.3 is 10.0 Å². The minimum absolute atomic E-state index is 0.154. The number of rotatable bonds is 5. The molecule has 17 heavy (non-hydrogen) atoms. The molecule has 0 saturated heterocycles. The van der Waals surface area contributed by atoms with Crippen LogP contribution in [0.2, 0.25) is 0 Å². The minimum atomic E-state index is -0.318. The number of halogens is 1. The Morgan fingerprint density at radius 2 is 2.24 bits per heavy atom. The molecule has 2 rings (SSSR count). The molecule has 4 heteroatoms. The second kappa shape index (κ2) is 5.15. The summed E-state index contributed by atoms with van der Waals surface area (Å²) in [6.45, 7) is 0.412. The first-order valence-electron chi connectivity index (χ1n) is 5.79. The average molecular weight is 234 g/mol. The van der Waals surface area contributed by atoms with Crippen molar-refractivity contribution < 1.29 is 9.50 Å². The van der Waals surface area contributed by atoms with Crippen LogP contribution in [0.5, 0.6) is 0 Å². The van der Waals surface area contributed by atoms with E-state index in [9.17, 15) is 4.39 Å². The molecule has 0 radical (unpaired) electrons. The number of hydrogen-bond acceptors (Lipinski definition) is 3. The molecule has 1 saturated carbocycles. The highest BCUT2D eigenvalue weighted by Gasteiger charge is 2.30. The molecular weight excluding hydrogens is 219 g/mol. The Kier molecular flexibility index (Phi) is 3.60. The lowest BCUT2D eigenvalue weighted by Crippen LogP contribution is -2.27. The van der Waals surface area contributed by atoms with Crippen molar-refractivity contribution in [3.05, 3.63) is 29.6 Å². The van der Waals surface area contributed by atoms with E-state index in [2.05, 4.69) is 6.07 Å². The summed E-state index contributed by atoms with van der Waals surface area (Å²) in [5.41, 5.74) is 1.11. The van der Waals surface area contributed by atoms with Crippen LogP contribution in [0, 0.1) is 17.1 Å². The van der Waals surface area contributed by atoms with Crippen molar-refractivity contribution in [2.75, 3.05) is 11.4 Å². The Labute approximate surface area is 100 Å². The summed E-state index contributed by atoms with van der Waals surface area (Å²) in [7, 11) is 0. The van der Waals surface area contributed by atoms with Gasteiger partial charge in [0.15, 0.2) is 0 Å². The molecule has 0 atom stereocenters. The van der Waals surface area contributed by atoms with E-state index in [0.29, 0.717) is 30.3 Å². The quantitative estimate of drug-likeness (QED) is 0.849. The maximum absolute atomic E-state index is 13.9. The molecular formula is C13H15FN2O. The van der Waals surface area contributed by atoms with Crippen LogP contribution in [0.25, 0.3) is 0 Å². The molecule has 0 spiro atoms. The van der Waals surface area contributed by atoms with E-state index in [1.54, 1.807) is 12.1 Å². The molecule has 0 unspecified atom stereocenters. The monoisotopic (exact) mass is 234 g/mol. The summed E-state index contributed by atoms with van der Waals surface area (Å²) >= 11 is 0. The van der Waals surface area contributed by atoms with Crippen molar-refractivity contribution in [2.45, 2.75) is 31.9 Å². The number of anilines is 1. The van der Waals surface area contributed by atoms with E-state index >= 15 is 0 Å². The predicted octanol–water partition coefficient (Wildman–Crippen LogP) is 2.20. The largest absolute Gasteiger partial charge is 0.392 e. The number of nitrogens with zero attached hydrogens (tertiary/aromatic N) is 2. The first kappa shape index (κ1) is 11.9. The number of aliphatic hydroxyl groups is 1. The highest BCUT2D eigenvalue weighted by Crippen LogP contribution is 2.33. The van der Waals surface area contributed by atoms with Crippen molar-refractivity contribution >= 4 is 5.69 Å². The molecule has 1 fully saturated rings. The van der Waals surface area contributed by atoms with Gasteiger partial charge in [0, 0.05) is 12.6 Å². The Balaban J connectivity index is 2.20. The predicted molar refractivity (Wildman–Crippen MR) is 62.9 cm³/mol. The summed E-state index contributed by atoms with van der Waals surface area (Å²) in [6.07, 6.45) is 2.52. The van der Waals surface area contributed by atoms with Gasteiger partial charge in [0.1, 0.15) is 5.82 Å². The summed E-state index contributed by atoms with van der Waals surface area (Å²) in [6, 6.07) is 7.23. The molecule has 0 aliphatic heterocycles. The Bertz CT molecular complexity index is 438. The summed E-state index contributed by atoms with van der Waals surface area (Å²) in [4.78, 5) is 1.96. The molecule has 1 aliphatic carbocycles.